The highest BCUT2D eigenvalue weighted by Gasteiger charge is 2.39. The molecule has 1 saturated carbocycles. The first-order chi connectivity index (χ1) is 13.5. The molecule has 5 rings (SSSR count). The van der Waals surface area contributed by atoms with E-state index in [-0.39, 0.29) is 23.9 Å². The number of anilines is 1. The van der Waals surface area contributed by atoms with Crippen LogP contribution in [0.3, 0.4) is 0 Å². The van der Waals surface area contributed by atoms with Gasteiger partial charge in [-0.05, 0) is 67.3 Å². The fourth-order valence-corrected chi connectivity index (χ4v) is 6.19. The summed E-state index contributed by atoms with van der Waals surface area (Å²) in [6, 6.07) is 13.9. The minimum absolute atomic E-state index is 0.0932. The van der Waals surface area contributed by atoms with Gasteiger partial charge in [0.2, 0.25) is 0 Å². The first kappa shape index (κ1) is 17.7. The Balaban J connectivity index is 1.43. The number of benzene rings is 2. The van der Waals surface area contributed by atoms with Crippen LogP contribution in [-0.2, 0) is 22.7 Å². The second kappa shape index (κ2) is 6.62. The van der Waals surface area contributed by atoms with Crippen LogP contribution in [0.4, 0.5) is 10.5 Å². The molecule has 3 aliphatic rings. The van der Waals surface area contributed by atoms with Crippen molar-refractivity contribution >= 4 is 21.6 Å². The maximum atomic E-state index is 13.2. The summed E-state index contributed by atoms with van der Waals surface area (Å²) in [6.07, 6.45) is 5.73. The molecule has 0 radical (unpaired) electrons. The molecule has 0 saturated heterocycles. The molecule has 5 nitrogen and oxygen atoms in total. The number of carbonyl (C=O) groups is 1. The quantitative estimate of drug-likeness (QED) is 0.850. The average Bonchev–Trinajstić information content (AvgIpc) is 3.47. The van der Waals surface area contributed by atoms with Gasteiger partial charge in [-0.15, -0.1) is 0 Å². The van der Waals surface area contributed by atoms with Gasteiger partial charge in [0.1, 0.15) is 0 Å². The highest BCUT2D eigenvalue weighted by molar-refractivity contribution is 7.91. The van der Waals surface area contributed by atoms with Gasteiger partial charge in [-0.3, -0.25) is 0 Å². The number of rotatable bonds is 3. The minimum Gasteiger partial charge on any atom is -0.315 e. The SMILES string of the molecule is O=C(Nc1ccc2c(c1)S(=O)(=O)CC2)N(C1CC1)C1CCCc2ccccc21. The normalized spacial score (nSPS) is 22.2. The van der Waals surface area contributed by atoms with Gasteiger partial charge >= 0.3 is 6.03 Å². The van der Waals surface area contributed by atoms with Crippen molar-refractivity contribution in [2.75, 3.05) is 11.1 Å². The summed E-state index contributed by atoms with van der Waals surface area (Å²) in [5.74, 6) is 0.160. The molecule has 6 heteroatoms. The predicted octanol–water partition coefficient (Wildman–Crippen LogP) is 4.09. The van der Waals surface area contributed by atoms with Crippen molar-refractivity contribution < 1.29 is 13.2 Å². The van der Waals surface area contributed by atoms with Gasteiger partial charge in [-0.2, -0.15) is 0 Å². The lowest BCUT2D eigenvalue weighted by atomic mass is 9.87. The van der Waals surface area contributed by atoms with Crippen molar-refractivity contribution in [1.82, 2.24) is 4.90 Å². The van der Waals surface area contributed by atoms with Crippen LogP contribution in [0, 0.1) is 0 Å². The summed E-state index contributed by atoms with van der Waals surface area (Å²) in [6.45, 7) is 0. The fraction of sp³-hybridized carbons (Fsp3) is 0.409. The Bertz CT molecular complexity index is 1040. The fourth-order valence-electron chi connectivity index (χ4n) is 4.60. The third-order valence-corrected chi connectivity index (χ3v) is 7.93. The average molecular weight is 397 g/mol. The molecular weight excluding hydrogens is 372 g/mol. The molecule has 1 atom stereocenters. The van der Waals surface area contributed by atoms with Crippen LogP contribution in [0.25, 0.3) is 0 Å². The molecule has 0 spiro atoms. The van der Waals surface area contributed by atoms with Crippen molar-refractivity contribution in [3.8, 4) is 0 Å². The molecule has 1 fully saturated rings. The van der Waals surface area contributed by atoms with Crippen molar-refractivity contribution in [2.24, 2.45) is 0 Å². The summed E-state index contributed by atoms with van der Waals surface area (Å²) in [7, 11) is -3.21. The largest absolute Gasteiger partial charge is 0.322 e. The van der Waals surface area contributed by atoms with Crippen LogP contribution < -0.4 is 5.32 Å². The van der Waals surface area contributed by atoms with Gasteiger partial charge < -0.3 is 10.2 Å². The molecule has 1 N–H and O–H groups in total. The van der Waals surface area contributed by atoms with Crippen molar-refractivity contribution in [2.45, 2.75) is 55.5 Å². The van der Waals surface area contributed by atoms with Crippen molar-refractivity contribution in [1.29, 1.82) is 0 Å². The summed E-state index contributed by atoms with van der Waals surface area (Å²) >= 11 is 0. The van der Waals surface area contributed by atoms with E-state index in [1.807, 2.05) is 23.1 Å². The topological polar surface area (TPSA) is 66.5 Å². The van der Waals surface area contributed by atoms with Gasteiger partial charge in [0.15, 0.2) is 9.84 Å². The molecule has 2 aliphatic carbocycles. The van der Waals surface area contributed by atoms with E-state index in [9.17, 15) is 13.2 Å². The second-order valence-electron chi connectivity index (χ2n) is 8.07. The molecule has 2 amide bonds. The van der Waals surface area contributed by atoms with E-state index in [4.69, 9.17) is 0 Å². The first-order valence-electron chi connectivity index (χ1n) is 10.1. The highest BCUT2D eigenvalue weighted by atomic mass is 32.2. The minimum atomic E-state index is -3.21. The second-order valence-corrected chi connectivity index (χ2v) is 10.1. The zero-order valence-electron chi connectivity index (χ0n) is 15.7. The standard InChI is InChI=1S/C22H24N2O3S/c25-22(23-17-9-8-16-12-13-28(26,27)21(16)14-17)24(18-10-11-18)20-7-3-5-15-4-1-2-6-19(15)20/h1-2,4,6,8-9,14,18,20H,3,5,7,10-13H2,(H,23,25). The number of amides is 2. The van der Waals surface area contributed by atoms with Crippen LogP contribution in [0.2, 0.25) is 0 Å². The van der Waals surface area contributed by atoms with E-state index >= 15 is 0 Å². The summed E-state index contributed by atoms with van der Waals surface area (Å²) in [5, 5.41) is 2.98. The van der Waals surface area contributed by atoms with Crippen LogP contribution >= 0.6 is 0 Å². The van der Waals surface area contributed by atoms with E-state index in [0.717, 1.165) is 37.7 Å². The molecule has 146 valence electrons. The first-order valence-corrected chi connectivity index (χ1v) is 11.7. The Hall–Kier alpha value is -2.34. The number of hydrogen-bond acceptors (Lipinski definition) is 3. The van der Waals surface area contributed by atoms with Crippen molar-refractivity contribution in [3.63, 3.8) is 0 Å². The van der Waals surface area contributed by atoms with Crippen molar-refractivity contribution in [3.05, 3.63) is 59.2 Å². The molecule has 1 heterocycles. The summed E-state index contributed by atoms with van der Waals surface area (Å²) in [4.78, 5) is 15.6. The number of aryl methyl sites for hydroxylation is 2. The molecule has 28 heavy (non-hydrogen) atoms. The van der Waals surface area contributed by atoms with Crippen LogP contribution in [0.15, 0.2) is 47.4 Å². The summed E-state index contributed by atoms with van der Waals surface area (Å²) in [5.41, 5.74) is 4.00. The van der Waals surface area contributed by atoms with Crippen LogP contribution in [-0.4, -0.2) is 31.1 Å². The number of carbonyl (C=O) groups excluding carboxylic acids is 1. The maximum Gasteiger partial charge on any atom is 0.322 e. The summed E-state index contributed by atoms with van der Waals surface area (Å²) < 4.78 is 24.4. The lowest BCUT2D eigenvalue weighted by Crippen LogP contribution is -2.41. The number of hydrogen-bond donors (Lipinski definition) is 1. The zero-order valence-corrected chi connectivity index (χ0v) is 16.5. The lowest BCUT2D eigenvalue weighted by Gasteiger charge is -2.36. The molecule has 2 aromatic rings. The number of sulfone groups is 1. The van der Waals surface area contributed by atoms with Gasteiger partial charge in [-0.25, -0.2) is 13.2 Å². The van der Waals surface area contributed by atoms with E-state index in [1.54, 1.807) is 6.07 Å². The van der Waals surface area contributed by atoms with Gasteiger partial charge in [0.25, 0.3) is 0 Å². The van der Waals surface area contributed by atoms with Crippen LogP contribution in [0.1, 0.15) is 48.4 Å². The third-order valence-electron chi connectivity index (χ3n) is 6.14. The Kier molecular flexibility index (Phi) is 4.19. The lowest BCUT2D eigenvalue weighted by molar-refractivity contribution is 0.175. The Labute approximate surface area is 165 Å². The van der Waals surface area contributed by atoms with Gasteiger partial charge in [-0.1, -0.05) is 30.3 Å². The Morgan fingerprint density at radius 3 is 2.64 bits per heavy atom. The zero-order chi connectivity index (χ0) is 19.3. The Morgan fingerprint density at radius 1 is 1.00 bits per heavy atom. The highest BCUT2D eigenvalue weighted by Crippen LogP contribution is 2.41. The predicted molar refractivity (Wildman–Crippen MR) is 108 cm³/mol. The molecule has 2 aromatic carbocycles. The van der Waals surface area contributed by atoms with E-state index < -0.39 is 9.84 Å². The third kappa shape index (κ3) is 3.09. The Morgan fingerprint density at radius 2 is 1.82 bits per heavy atom. The molecule has 0 bridgehead atoms. The smallest absolute Gasteiger partial charge is 0.315 e. The van der Waals surface area contributed by atoms with Gasteiger partial charge in [0.05, 0.1) is 16.7 Å². The van der Waals surface area contributed by atoms with E-state index in [1.165, 1.54) is 11.1 Å². The number of nitrogens with one attached hydrogen (secondary N) is 1. The number of fused-ring (bicyclic) bond motifs is 2. The molecule has 1 aliphatic heterocycles. The van der Waals surface area contributed by atoms with Gasteiger partial charge in [0, 0.05) is 11.7 Å². The van der Waals surface area contributed by atoms with Crippen LogP contribution in [0.5, 0.6) is 0 Å². The molecule has 1 unspecified atom stereocenters. The monoisotopic (exact) mass is 396 g/mol. The number of urea groups is 1. The number of nitrogens with zero attached hydrogens (tertiary/aromatic N) is 1. The molecular formula is C22H24N2O3S. The van der Waals surface area contributed by atoms with E-state index in [2.05, 4.69) is 23.5 Å². The molecule has 0 aromatic heterocycles. The van der Waals surface area contributed by atoms with E-state index in [0.29, 0.717) is 17.0 Å². The maximum absolute atomic E-state index is 13.2.